The predicted molar refractivity (Wildman–Crippen MR) is 118 cm³/mol. The van der Waals surface area contributed by atoms with Gasteiger partial charge in [0.15, 0.2) is 0 Å². The fraction of sp³-hybridized carbons (Fsp3) is 0.304. The Morgan fingerprint density at radius 2 is 1.57 bits per heavy atom. The molecular weight excluding hydrogens is 346 g/mol. The lowest BCUT2D eigenvalue weighted by atomic mass is 10.1. The van der Waals surface area contributed by atoms with Gasteiger partial charge >= 0.3 is 0 Å². The summed E-state index contributed by atoms with van der Waals surface area (Å²) in [6.07, 6.45) is 0. The van der Waals surface area contributed by atoms with Crippen LogP contribution in [-0.2, 0) is 6.54 Å². The van der Waals surface area contributed by atoms with Gasteiger partial charge in [0.05, 0.1) is 5.69 Å². The molecule has 0 saturated carbocycles. The first-order chi connectivity index (χ1) is 13.7. The van der Waals surface area contributed by atoms with Crippen LogP contribution in [0.5, 0.6) is 0 Å². The zero-order valence-corrected chi connectivity index (χ0v) is 17.0. The molecule has 1 aromatic heterocycles. The van der Waals surface area contributed by atoms with Crippen molar-refractivity contribution in [1.82, 2.24) is 14.9 Å². The van der Waals surface area contributed by atoms with Crippen LogP contribution in [0.15, 0.2) is 66.7 Å². The van der Waals surface area contributed by atoms with E-state index in [1.807, 2.05) is 24.3 Å². The molecule has 1 N–H and O–H groups in total. The number of nitrogens with one attached hydrogen (secondary N) is 1. The van der Waals surface area contributed by atoms with Gasteiger partial charge < -0.3 is 15.1 Å². The lowest BCUT2D eigenvalue weighted by molar-refractivity contribution is 0.425. The van der Waals surface area contributed by atoms with Crippen LogP contribution in [0.3, 0.4) is 0 Å². The van der Waals surface area contributed by atoms with Crippen molar-refractivity contribution in [3.63, 3.8) is 0 Å². The summed E-state index contributed by atoms with van der Waals surface area (Å²) < 4.78 is 0. The van der Waals surface area contributed by atoms with E-state index in [1.165, 1.54) is 5.56 Å². The molecule has 0 spiro atoms. The van der Waals surface area contributed by atoms with Gasteiger partial charge in [0.25, 0.3) is 0 Å². The van der Waals surface area contributed by atoms with Gasteiger partial charge in [-0.1, -0.05) is 60.7 Å². The monoisotopic (exact) mass is 375 g/mol. The molecule has 0 fully saturated rings. The summed E-state index contributed by atoms with van der Waals surface area (Å²) in [5, 5.41) is 3.38. The maximum absolute atomic E-state index is 4.81. The maximum atomic E-state index is 4.81. The molecule has 1 heterocycles. The molecule has 5 heteroatoms. The van der Waals surface area contributed by atoms with Gasteiger partial charge in [-0.25, -0.2) is 4.98 Å². The number of benzene rings is 2. The van der Waals surface area contributed by atoms with Gasteiger partial charge in [-0.05, 0) is 26.6 Å². The average molecular weight is 376 g/mol. The molecule has 5 nitrogen and oxygen atoms in total. The predicted octanol–water partition coefficient (Wildman–Crippen LogP) is 4.14. The Morgan fingerprint density at radius 1 is 0.893 bits per heavy atom. The van der Waals surface area contributed by atoms with Crippen LogP contribution >= 0.6 is 0 Å². The molecule has 0 saturated heterocycles. The van der Waals surface area contributed by atoms with Gasteiger partial charge in [-0.2, -0.15) is 4.98 Å². The van der Waals surface area contributed by atoms with Gasteiger partial charge in [0.2, 0.25) is 5.95 Å². The van der Waals surface area contributed by atoms with E-state index in [0.29, 0.717) is 5.95 Å². The smallest absolute Gasteiger partial charge is 0.225 e. The van der Waals surface area contributed by atoms with Gasteiger partial charge in [-0.15, -0.1) is 0 Å². The van der Waals surface area contributed by atoms with Gasteiger partial charge in [0.1, 0.15) is 5.82 Å². The second-order valence-electron chi connectivity index (χ2n) is 7.03. The number of hydrogen-bond donors (Lipinski definition) is 1. The molecule has 0 atom stereocenters. The van der Waals surface area contributed by atoms with Crippen LogP contribution in [0.1, 0.15) is 12.5 Å². The molecule has 0 aliphatic carbocycles. The minimum absolute atomic E-state index is 0.671. The van der Waals surface area contributed by atoms with Crippen molar-refractivity contribution in [2.45, 2.75) is 13.5 Å². The first kappa shape index (κ1) is 19.8. The Labute approximate surface area is 168 Å². The highest BCUT2D eigenvalue weighted by Gasteiger charge is 2.12. The molecule has 3 aromatic rings. The van der Waals surface area contributed by atoms with Crippen molar-refractivity contribution in [3.8, 4) is 11.3 Å². The summed E-state index contributed by atoms with van der Waals surface area (Å²) >= 11 is 0. The summed E-state index contributed by atoms with van der Waals surface area (Å²) in [7, 11) is 4.13. The number of anilines is 2. The third-order valence-electron chi connectivity index (χ3n) is 4.55. The highest BCUT2D eigenvalue weighted by molar-refractivity contribution is 5.64. The van der Waals surface area contributed by atoms with Crippen molar-refractivity contribution >= 4 is 11.8 Å². The summed E-state index contributed by atoms with van der Waals surface area (Å²) in [5.74, 6) is 1.61. The Kier molecular flexibility index (Phi) is 6.98. The molecule has 0 aliphatic rings. The second-order valence-corrected chi connectivity index (χ2v) is 7.03. The first-order valence-corrected chi connectivity index (χ1v) is 9.77. The van der Waals surface area contributed by atoms with Gasteiger partial charge in [0, 0.05) is 37.8 Å². The van der Waals surface area contributed by atoms with Crippen LogP contribution in [0.2, 0.25) is 0 Å². The molecule has 0 amide bonds. The summed E-state index contributed by atoms with van der Waals surface area (Å²) in [6, 6.07) is 22.9. The first-order valence-electron chi connectivity index (χ1n) is 9.77. The zero-order chi connectivity index (χ0) is 19.8. The van der Waals surface area contributed by atoms with Crippen LogP contribution in [0.4, 0.5) is 11.8 Å². The number of rotatable bonds is 9. The van der Waals surface area contributed by atoms with E-state index >= 15 is 0 Å². The summed E-state index contributed by atoms with van der Waals surface area (Å²) in [5.41, 5.74) is 3.30. The SMILES string of the molecule is CCN(Cc1ccccc1)c1cc(-c2ccccc2)nc(NCCN(C)C)n1. The quantitative estimate of drug-likeness (QED) is 0.609. The van der Waals surface area contributed by atoms with E-state index in [-0.39, 0.29) is 0 Å². The highest BCUT2D eigenvalue weighted by Crippen LogP contribution is 2.24. The van der Waals surface area contributed by atoms with Crippen LogP contribution in [0, 0.1) is 0 Å². The number of likely N-dealkylation sites (N-methyl/N-ethyl adjacent to an activating group) is 1. The number of nitrogens with zero attached hydrogens (tertiary/aromatic N) is 4. The molecule has 0 unspecified atom stereocenters. The van der Waals surface area contributed by atoms with E-state index in [1.54, 1.807) is 0 Å². The molecule has 28 heavy (non-hydrogen) atoms. The normalized spacial score (nSPS) is 10.9. The zero-order valence-electron chi connectivity index (χ0n) is 17.0. The topological polar surface area (TPSA) is 44.3 Å². The van der Waals surface area contributed by atoms with Crippen molar-refractivity contribution in [2.24, 2.45) is 0 Å². The van der Waals surface area contributed by atoms with Crippen LogP contribution < -0.4 is 10.2 Å². The average Bonchev–Trinajstić information content (AvgIpc) is 2.73. The molecule has 146 valence electrons. The van der Waals surface area contributed by atoms with Crippen molar-refractivity contribution in [2.75, 3.05) is 43.9 Å². The van der Waals surface area contributed by atoms with E-state index in [2.05, 4.69) is 78.6 Å². The standard InChI is InChI=1S/C23H29N5/c1-4-28(18-19-11-7-5-8-12-19)22-17-21(20-13-9-6-10-14-20)25-23(26-22)24-15-16-27(2)3/h5-14,17H,4,15-16,18H2,1-3H3,(H,24,25,26). The Morgan fingerprint density at radius 3 is 2.21 bits per heavy atom. The lowest BCUT2D eigenvalue weighted by Gasteiger charge is -2.23. The lowest BCUT2D eigenvalue weighted by Crippen LogP contribution is -2.25. The second kappa shape index (κ2) is 9.85. The fourth-order valence-corrected chi connectivity index (χ4v) is 2.98. The summed E-state index contributed by atoms with van der Waals surface area (Å²) in [6.45, 7) is 5.58. The van der Waals surface area contributed by atoms with Crippen LogP contribution in [0.25, 0.3) is 11.3 Å². The Bertz CT molecular complexity index is 849. The minimum atomic E-state index is 0.671. The third-order valence-corrected chi connectivity index (χ3v) is 4.55. The van der Waals surface area contributed by atoms with Crippen molar-refractivity contribution in [3.05, 3.63) is 72.3 Å². The Hall–Kier alpha value is -2.92. The number of aromatic nitrogens is 2. The fourth-order valence-electron chi connectivity index (χ4n) is 2.98. The molecule has 3 rings (SSSR count). The molecule has 0 aliphatic heterocycles. The molecule has 0 bridgehead atoms. The third kappa shape index (κ3) is 5.54. The number of hydrogen-bond acceptors (Lipinski definition) is 5. The van der Waals surface area contributed by atoms with E-state index < -0.39 is 0 Å². The molecule has 2 aromatic carbocycles. The molecular formula is C23H29N5. The van der Waals surface area contributed by atoms with Gasteiger partial charge in [-0.3, -0.25) is 0 Å². The summed E-state index contributed by atoms with van der Waals surface area (Å²) in [4.78, 5) is 14.0. The minimum Gasteiger partial charge on any atom is -0.353 e. The van der Waals surface area contributed by atoms with Crippen molar-refractivity contribution in [1.29, 1.82) is 0 Å². The van der Waals surface area contributed by atoms with Crippen molar-refractivity contribution < 1.29 is 0 Å². The largest absolute Gasteiger partial charge is 0.353 e. The molecule has 0 radical (unpaired) electrons. The van der Waals surface area contributed by atoms with Crippen LogP contribution in [-0.4, -0.2) is 48.6 Å². The highest BCUT2D eigenvalue weighted by atomic mass is 15.2. The maximum Gasteiger partial charge on any atom is 0.225 e. The Balaban J connectivity index is 1.91. The van der Waals surface area contributed by atoms with E-state index in [0.717, 1.165) is 43.3 Å². The van der Waals surface area contributed by atoms with E-state index in [9.17, 15) is 0 Å². The van der Waals surface area contributed by atoms with E-state index in [4.69, 9.17) is 9.97 Å².